The van der Waals surface area contributed by atoms with Gasteiger partial charge in [-0.15, -0.1) is 0 Å². The zero-order chi connectivity index (χ0) is 15.0. The van der Waals surface area contributed by atoms with Crippen molar-refractivity contribution in [1.29, 1.82) is 5.26 Å². The van der Waals surface area contributed by atoms with Crippen LogP contribution in [0.15, 0.2) is 42.6 Å². The molecule has 2 aromatic heterocycles. The van der Waals surface area contributed by atoms with Crippen molar-refractivity contribution in [2.24, 2.45) is 0 Å². The molecule has 0 radical (unpaired) electrons. The molecule has 3 heteroatoms. The normalized spacial score (nSPS) is 12.3. The number of fused-ring (bicyclic) bond motifs is 1. The minimum absolute atomic E-state index is 0.209. The third-order valence-electron chi connectivity index (χ3n) is 3.75. The Morgan fingerprint density at radius 1 is 1.10 bits per heavy atom. The lowest BCUT2D eigenvalue weighted by Gasteiger charge is -2.07. The van der Waals surface area contributed by atoms with Gasteiger partial charge in [-0.05, 0) is 38.5 Å². The predicted octanol–water partition coefficient (Wildman–Crippen LogP) is 4.25. The number of benzene rings is 1. The van der Waals surface area contributed by atoms with E-state index in [1.165, 1.54) is 11.1 Å². The highest BCUT2D eigenvalue weighted by molar-refractivity contribution is 5.68. The lowest BCUT2D eigenvalue weighted by molar-refractivity contribution is 0.899. The molecule has 1 atom stereocenters. The van der Waals surface area contributed by atoms with E-state index in [-0.39, 0.29) is 5.92 Å². The average molecular weight is 275 g/mol. The van der Waals surface area contributed by atoms with Crippen molar-refractivity contribution in [3.05, 3.63) is 59.4 Å². The Labute approximate surface area is 124 Å². The zero-order valence-electron chi connectivity index (χ0n) is 12.5. The summed E-state index contributed by atoms with van der Waals surface area (Å²) in [6.07, 6.45) is 2.00. The first-order valence-corrected chi connectivity index (χ1v) is 7.05. The average Bonchev–Trinajstić information content (AvgIpc) is 2.85. The quantitative estimate of drug-likeness (QED) is 0.701. The van der Waals surface area contributed by atoms with Gasteiger partial charge in [-0.1, -0.05) is 29.8 Å². The third-order valence-corrected chi connectivity index (χ3v) is 3.75. The van der Waals surface area contributed by atoms with E-state index in [1.54, 1.807) is 0 Å². The van der Waals surface area contributed by atoms with Crippen molar-refractivity contribution in [3.63, 3.8) is 0 Å². The Hall–Kier alpha value is -2.60. The molecule has 0 saturated carbocycles. The molecular formula is C18H17N3. The molecule has 2 heterocycles. The van der Waals surface area contributed by atoms with Gasteiger partial charge in [0.1, 0.15) is 5.65 Å². The van der Waals surface area contributed by atoms with Crippen molar-refractivity contribution in [1.82, 2.24) is 9.38 Å². The lowest BCUT2D eigenvalue weighted by Crippen LogP contribution is -1.98. The van der Waals surface area contributed by atoms with Gasteiger partial charge in [0, 0.05) is 11.8 Å². The number of nitriles is 1. The van der Waals surface area contributed by atoms with Gasteiger partial charge in [0.25, 0.3) is 0 Å². The van der Waals surface area contributed by atoms with Crippen molar-refractivity contribution in [2.75, 3.05) is 0 Å². The number of hydrogen-bond acceptors (Lipinski definition) is 2. The Bertz CT molecular complexity index is 835. The van der Waals surface area contributed by atoms with Gasteiger partial charge < -0.3 is 4.40 Å². The third kappa shape index (κ3) is 2.30. The second-order valence-corrected chi connectivity index (χ2v) is 5.49. The Morgan fingerprint density at radius 3 is 2.48 bits per heavy atom. The first kappa shape index (κ1) is 13.4. The van der Waals surface area contributed by atoms with Gasteiger partial charge in [-0.3, -0.25) is 0 Å². The van der Waals surface area contributed by atoms with Crippen molar-refractivity contribution < 1.29 is 0 Å². The summed E-state index contributed by atoms with van der Waals surface area (Å²) >= 11 is 0. The maximum atomic E-state index is 9.34. The van der Waals surface area contributed by atoms with Crippen LogP contribution < -0.4 is 0 Å². The fourth-order valence-corrected chi connectivity index (χ4v) is 2.56. The SMILES string of the molecule is Cc1ccc(-c2nc3cc(C)ccn3c2C(C)C#N)cc1. The smallest absolute Gasteiger partial charge is 0.137 e. The van der Waals surface area contributed by atoms with Crippen LogP contribution in [-0.4, -0.2) is 9.38 Å². The van der Waals surface area contributed by atoms with E-state index in [1.807, 2.05) is 36.6 Å². The summed E-state index contributed by atoms with van der Waals surface area (Å²) in [4.78, 5) is 4.75. The van der Waals surface area contributed by atoms with E-state index >= 15 is 0 Å². The fraction of sp³-hybridized carbons (Fsp3) is 0.222. The van der Waals surface area contributed by atoms with Gasteiger partial charge in [0.05, 0.1) is 23.4 Å². The molecule has 104 valence electrons. The molecule has 3 aromatic rings. The van der Waals surface area contributed by atoms with Crippen molar-refractivity contribution in [2.45, 2.75) is 26.7 Å². The molecule has 0 N–H and O–H groups in total. The first-order chi connectivity index (χ1) is 10.1. The van der Waals surface area contributed by atoms with Crippen LogP contribution in [0, 0.1) is 25.2 Å². The summed E-state index contributed by atoms with van der Waals surface area (Å²) in [5, 5.41) is 9.34. The van der Waals surface area contributed by atoms with E-state index in [0.29, 0.717) is 0 Å². The molecule has 0 saturated heterocycles. The molecule has 0 amide bonds. The van der Waals surface area contributed by atoms with Crippen LogP contribution in [0.2, 0.25) is 0 Å². The van der Waals surface area contributed by atoms with E-state index in [4.69, 9.17) is 4.98 Å². The molecule has 0 spiro atoms. The van der Waals surface area contributed by atoms with Gasteiger partial charge >= 0.3 is 0 Å². The minimum Gasteiger partial charge on any atom is -0.302 e. The highest BCUT2D eigenvalue weighted by Crippen LogP contribution is 2.30. The molecule has 3 nitrogen and oxygen atoms in total. The minimum atomic E-state index is -0.209. The predicted molar refractivity (Wildman–Crippen MR) is 84.1 cm³/mol. The Morgan fingerprint density at radius 2 is 1.81 bits per heavy atom. The van der Waals surface area contributed by atoms with E-state index < -0.39 is 0 Å². The number of nitrogens with zero attached hydrogens (tertiary/aromatic N) is 3. The van der Waals surface area contributed by atoms with E-state index in [0.717, 1.165) is 22.6 Å². The van der Waals surface area contributed by atoms with Crippen LogP contribution in [0.25, 0.3) is 16.9 Å². The largest absolute Gasteiger partial charge is 0.302 e. The Balaban J connectivity index is 2.30. The van der Waals surface area contributed by atoms with Gasteiger partial charge in [-0.2, -0.15) is 5.26 Å². The molecule has 1 unspecified atom stereocenters. The summed E-state index contributed by atoms with van der Waals surface area (Å²) in [5.74, 6) is -0.209. The summed E-state index contributed by atoms with van der Waals surface area (Å²) in [6, 6.07) is 14.7. The zero-order valence-corrected chi connectivity index (χ0v) is 12.5. The fourth-order valence-electron chi connectivity index (χ4n) is 2.56. The van der Waals surface area contributed by atoms with Crippen LogP contribution in [0.5, 0.6) is 0 Å². The van der Waals surface area contributed by atoms with Crippen LogP contribution >= 0.6 is 0 Å². The second-order valence-electron chi connectivity index (χ2n) is 5.49. The van der Waals surface area contributed by atoms with Crippen LogP contribution in [-0.2, 0) is 0 Å². The molecule has 21 heavy (non-hydrogen) atoms. The highest BCUT2D eigenvalue weighted by atomic mass is 15.0. The Kier molecular flexibility index (Phi) is 3.23. The van der Waals surface area contributed by atoms with Crippen LogP contribution in [0.3, 0.4) is 0 Å². The van der Waals surface area contributed by atoms with Gasteiger partial charge in [0.15, 0.2) is 0 Å². The van der Waals surface area contributed by atoms with Crippen molar-refractivity contribution in [3.8, 4) is 17.3 Å². The number of imidazole rings is 1. The van der Waals surface area contributed by atoms with E-state index in [2.05, 4.69) is 37.3 Å². The maximum Gasteiger partial charge on any atom is 0.137 e. The molecular weight excluding hydrogens is 258 g/mol. The highest BCUT2D eigenvalue weighted by Gasteiger charge is 2.19. The number of aromatic nitrogens is 2. The van der Waals surface area contributed by atoms with Gasteiger partial charge in [0.2, 0.25) is 0 Å². The van der Waals surface area contributed by atoms with Crippen LogP contribution in [0.4, 0.5) is 0 Å². The summed E-state index contributed by atoms with van der Waals surface area (Å²) < 4.78 is 2.02. The topological polar surface area (TPSA) is 41.1 Å². The lowest BCUT2D eigenvalue weighted by atomic mass is 10.0. The number of rotatable bonds is 2. The van der Waals surface area contributed by atoms with Gasteiger partial charge in [-0.25, -0.2) is 4.98 Å². The molecule has 0 aliphatic rings. The molecule has 0 bridgehead atoms. The second kappa shape index (κ2) is 5.06. The maximum absolute atomic E-state index is 9.34. The molecule has 0 fully saturated rings. The monoisotopic (exact) mass is 275 g/mol. The molecule has 1 aromatic carbocycles. The molecule has 3 rings (SSSR count). The number of pyridine rings is 1. The number of hydrogen-bond donors (Lipinski definition) is 0. The van der Waals surface area contributed by atoms with Crippen molar-refractivity contribution >= 4 is 5.65 Å². The summed E-state index contributed by atoms with van der Waals surface area (Å²) in [5.41, 5.74) is 6.18. The van der Waals surface area contributed by atoms with E-state index in [9.17, 15) is 5.26 Å². The van der Waals surface area contributed by atoms with Crippen LogP contribution in [0.1, 0.15) is 29.7 Å². The standard InChI is InChI=1S/C18H17N3/c1-12-4-6-15(7-5-12)17-18(14(3)11-19)21-9-8-13(2)10-16(21)20-17/h4-10,14H,1-3H3. The summed E-state index contributed by atoms with van der Waals surface area (Å²) in [6.45, 7) is 6.03. The molecule has 0 aliphatic heterocycles. The number of aryl methyl sites for hydroxylation is 2. The summed E-state index contributed by atoms with van der Waals surface area (Å²) in [7, 11) is 0. The first-order valence-electron chi connectivity index (χ1n) is 7.05. The molecule has 0 aliphatic carbocycles.